The molecule has 1 aromatic heterocycles. The maximum Gasteiger partial charge on any atom is 0.195 e. The van der Waals surface area contributed by atoms with Crippen molar-refractivity contribution in [1.29, 1.82) is 0 Å². The third-order valence-electron chi connectivity index (χ3n) is 2.27. The maximum atomic E-state index is 13.0. The fourth-order valence-electron chi connectivity index (χ4n) is 1.46. The van der Waals surface area contributed by atoms with Crippen LogP contribution in [0.4, 0.5) is 4.39 Å². The number of rotatable bonds is 3. The molecule has 0 spiro atoms. The van der Waals surface area contributed by atoms with E-state index in [4.69, 9.17) is 21.8 Å². The van der Waals surface area contributed by atoms with Crippen molar-refractivity contribution in [3.8, 4) is 0 Å². The van der Waals surface area contributed by atoms with Gasteiger partial charge >= 0.3 is 0 Å². The molecule has 86 valence electrons. The minimum atomic E-state index is -0.412. The van der Waals surface area contributed by atoms with Gasteiger partial charge in [-0.2, -0.15) is 0 Å². The summed E-state index contributed by atoms with van der Waals surface area (Å²) in [6.45, 7) is 1.91. The lowest BCUT2D eigenvalue weighted by atomic mass is 10.2. The second-order valence-electron chi connectivity index (χ2n) is 3.86. The monoisotopic (exact) mass is 242 g/mol. The fraction of sp³-hybridized carbons (Fsp3) is 0.364. The van der Waals surface area contributed by atoms with Crippen molar-refractivity contribution < 1.29 is 8.81 Å². The number of hydrogen-bond donors (Lipinski definition) is 1. The highest BCUT2D eigenvalue weighted by atomic mass is 35.5. The highest BCUT2D eigenvalue weighted by Gasteiger charge is 2.11. The van der Waals surface area contributed by atoms with Gasteiger partial charge in [-0.05, 0) is 19.4 Å². The number of fused-ring (bicyclic) bond motifs is 1. The van der Waals surface area contributed by atoms with Crippen LogP contribution in [0.5, 0.6) is 0 Å². The normalized spacial score (nSPS) is 13.2. The average Bonchev–Trinajstić information content (AvgIpc) is 2.57. The molecule has 0 saturated carbocycles. The van der Waals surface area contributed by atoms with Gasteiger partial charge in [0, 0.05) is 18.5 Å². The Kier molecular flexibility index (Phi) is 3.12. The van der Waals surface area contributed by atoms with Gasteiger partial charge in [-0.15, -0.1) is 0 Å². The zero-order valence-electron chi connectivity index (χ0n) is 8.84. The third kappa shape index (κ3) is 2.33. The van der Waals surface area contributed by atoms with Crippen LogP contribution < -0.4 is 5.73 Å². The number of aromatic nitrogens is 1. The Hall–Kier alpha value is -1.13. The number of aryl methyl sites for hydroxylation is 1. The second-order valence-corrected chi connectivity index (χ2v) is 4.27. The van der Waals surface area contributed by atoms with Gasteiger partial charge in [0.15, 0.2) is 11.5 Å². The van der Waals surface area contributed by atoms with Crippen molar-refractivity contribution in [1.82, 2.24) is 4.98 Å². The van der Waals surface area contributed by atoms with Crippen LogP contribution in [0.15, 0.2) is 16.5 Å². The smallest absolute Gasteiger partial charge is 0.195 e. The lowest BCUT2D eigenvalue weighted by Gasteiger charge is -1.99. The molecular weight excluding hydrogens is 231 g/mol. The lowest BCUT2D eigenvalue weighted by molar-refractivity contribution is 0.504. The standard InChI is InChI=1S/C11H12ClFN2O/c1-6(14)2-3-10-15-9-5-7(13)4-8(12)11(9)16-10/h4-6H,2-3,14H2,1H3. The topological polar surface area (TPSA) is 52.0 Å². The van der Waals surface area contributed by atoms with E-state index in [2.05, 4.69) is 4.98 Å². The lowest BCUT2D eigenvalue weighted by Crippen LogP contribution is -2.15. The quantitative estimate of drug-likeness (QED) is 0.900. The minimum absolute atomic E-state index is 0.0854. The Morgan fingerprint density at radius 1 is 1.56 bits per heavy atom. The van der Waals surface area contributed by atoms with E-state index in [1.54, 1.807) is 0 Å². The molecule has 0 fully saturated rings. The van der Waals surface area contributed by atoms with Crippen LogP contribution in [0.1, 0.15) is 19.2 Å². The van der Waals surface area contributed by atoms with Crippen molar-refractivity contribution in [3.05, 3.63) is 28.9 Å². The van der Waals surface area contributed by atoms with Crippen LogP contribution in [-0.4, -0.2) is 11.0 Å². The van der Waals surface area contributed by atoms with Gasteiger partial charge in [0.05, 0.1) is 5.02 Å². The van der Waals surface area contributed by atoms with E-state index in [0.29, 0.717) is 23.4 Å². The van der Waals surface area contributed by atoms with Gasteiger partial charge in [0.25, 0.3) is 0 Å². The van der Waals surface area contributed by atoms with E-state index in [1.807, 2.05) is 6.92 Å². The molecular formula is C11H12ClFN2O. The van der Waals surface area contributed by atoms with E-state index < -0.39 is 5.82 Å². The molecule has 1 heterocycles. The predicted octanol–water partition coefficient (Wildman–Crippen LogP) is 2.90. The van der Waals surface area contributed by atoms with Crippen molar-refractivity contribution in [3.63, 3.8) is 0 Å². The summed E-state index contributed by atoms with van der Waals surface area (Å²) in [6.07, 6.45) is 1.40. The number of oxazole rings is 1. The average molecular weight is 243 g/mol. The van der Waals surface area contributed by atoms with Crippen molar-refractivity contribution >= 4 is 22.7 Å². The van der Waals surface area contributed by atoms with Gasteiger partial charge in [-0.25, -0.2) is 9.37 Å². The first-order valence-corrected chi connectivity index (χ1v) is 5.44. The van der Waals surface area contributed by atoms with E-state index in [-0.39, 0.29) is 11.1 Å². The molecule has 1 aromatic carbocycles. The molecule has 0 aliphatic carbocycles. The zero-order chi connectivity index (χ0) is 11.7. The molecule has 2 rings (SSSR count). The van der Waals surface area contributed by atoms with Gasteiger partial charge in [0.1, 0.15) is 11.3 Å². The minimum Gasteiger partial charge on any atom is -0.439 e. The molecule has 1 atom stereocenters. The van der Waals surface area contributed by atoms with E-state index in [0.717, 1.165) is 6.42 Å². The molecule has 0 radical (unpaired) electrons. The summed E-state index contributed by atoms with van der Waals surface area (Å²) in [5.41, 5.74) is 6.51. The number of hydrogen-bond acceptors (Lipinski definition) is 3. The Bertz CT molecular complexity index is 510. The molecule has 0 bridgehead atoms. The summed E-state index contributed by atoms with van der Waals surface area (Å²) in [4.78, 5) is 4.16. The summed E-state index contributed by atoms with van der Waals surface area (Å²) in [5, 5.41) is 0.245. The highest BCUT2D eigenvalue weighted by molar-refractivity contribution is 6.34. The molecule has 1 unspecified atom stereocenters. The Morgan fingerprint density at radius 2 is 2.31 bits per heavy atom. The molecule has 3 nitrogen and oxygen atoms in total. The summed E-state index contributed by atoms with van der Waals surface area (Å²) >= 11 is 5.84. The van der Waals surface area contributed by atoms with E-state index >= 15 is 0 Å². The molecule has 5 heteroatoms. The van der Waals surface area contributed by atoms with Gasteiger partial charge in [-0.3, -0.25) is 0 Å². The van der Waals surface area contributed by atoms with Gasteiger partial charge < -0.3 is 10.2 Å². The van der Waals surface area contributed by atoms with Crippen molar-refractivity contribution in [2.24, 2.45) is 5.73 Å². The second kappa shape index (κ2) is 4.39. The van der Waals surface area contributed by atoms with Crippen LogP contribution in [0.25, 0.3) is 11.1 Å². The Labute approximate surface area is 97.4 Å². The summed E-state index contributed by atoms with van der Waals surface area (Å²) < 4.78 is 18.5. The van der Waals surface area contributed by atoms with Crippen LogP contribution in [0, 0.1) is 5.82 Å². The highest BCUT2D eigenvalue weighted by Crippen LogP contribution is 2.26. The number of nitrogens with zero attached hydrogens (tertiary/aromatic N) is 1. The van der Waals surface area contributed by atoms with Crippen molar-refractivity contribution in [2.45, 2.75) is 25.8 Å². The molecule has 16 heavy (non-hydrogen) atoms. The van der Waals surface area contributed by atoms with E-state index in [1.165, 1.54) is 12.1 Å². The SMILES string of the molecule is CC(N)CCc1nc2cc(F)cc(Cl)c2o1. The van der Waals surface area contributed by atoms with Gasteiger partial charge in [-0.1, -0.05) is 11.6 Å². The molecule has 2 N–H and O–H groups in total. The van der Waals surface area contributed by atoms with E-state index in [9.17, 15) is 4.39 Å². The number of nitrogens with two attached hydrogens (primary N) is 1. The molecule has 0 amide bonds. The van der Waals surface area contributed by atoms with Crippen LogP contribution in [-0.2, 0) is 6.42 Å². The Morgan fingerprint density at radius 3 is 3.00 bits per heavy atom. The molecule has 0 aliphatic heterocycles. The summed E-state index contributed by atoms with van der Waals surface area (Å²) in [7, 11) is 0. The maximum absolute atomic E-state index is 13.0. The largest absolute Gasteiger partial charge is 0.439 e. The zero-order valence-corrected chi connectivity index (χ0v) is 9.59. The predicted molar refractivity (Wildman–Crippen MR) is 60.9 cm³/mol. The summed E-state index contributed by atoms with van der Waals surface area (Å²) in [5.74, 6) is 0.129. The number of halogens is 2. The van der Waals surface area contributed by atoms with Crippen LogP contribution >= 0.6 is 11.6 Å². The van der Waals surface area contributed by atoms with Crippen molar-refractivity contribution in [2.75, 3.05) is 0 Å². The van der Waals surface area contributed by atoms with Crippen LogP contribution in [0.3, 0.4) is 0 Å². The third-order valence-corrected chi connectivity index (χ3v) is 2.55. The summed E-state index contributed by atoms with van der Waals surface area (Å²) in [6, 6.07) is 2.60. The first-order valence-electron chi connectivity index (χ1n) is 5.06. The first kappa shape index (κ1) is 11.4. The number of benzene rings is 1. The Balaban J connectivity index is 2.33. The molecule has 2 aromatic rings. The van der Waals surface area contributed by atoms with Gasteiger partial charge in [0.2, 0.25) is 0 Å². The first-order chi connectivity index (χ1) is 7.56. The van der Waals surface area contributed by atoms with Crippen LogP contribution in [0.2, 0.25) is 5.02 Å². The molecule has 0 saturated heterocycles. The fourth-order valence-corrected chi connectivity index (χ4v) is 1.70. The molecule has 0 aliphatic rings.